The van der Waals surface area contributed by atoms with Gasteiger partial charge in [-0.15, -0.1) is 11.3 Å². The highest BCUT2D eigenvalue weighted by molar-refractivity contribution is 7.15. The maximum atomic E-state index is 12.3. The van der Waals surface area contributed by atoms with Gasteiger partial charge in [-0.1, -0.05) is 37.3 Å². The van der Waals surface area contributed by atoms with Gasteiger partial charge in [0.05, 0.1) is 12.2 Å². The first-order valence-corrected chi connectivity index (χ1v) is 9.70. The highest BCUT2D eigenvalue weighted by Gasteiger charge is 2.18. The molecule has 0 aliphatic carbocycles. The van der Waals surface area contributed by atoms with Gasteiger partial charge in [-0.05, 0) is 19.0 Å². The van der Waals surface area contributed by atoms with Crippen LogP contribution in [0.2, 0.25) is 0 Å². The van der Waals surface area contributed by atoms with Crippen molar-refractivity contribution in [1.29, 1.82) is 0 Å². The van der Waals surface area contributed by atoms with E-state index < -0.39 is 0 Å². The van der Waals surface area contributed by atoms with Gasteiger partial charge in [0.1, 0.15) is 0 Å². The van der Waals surface area contributed by atoms with Gasteiger partial charge in [0, 0.05) is 37.5 Å². The lowest BCUT2D eigenvalue weighted by Crippen LogP contribution is -2.48. The maximum Gasteiger partial charge on any atom is 0.240 e. The quantitative estimate of drug-likeness (QED) is 0.862. The molecule has 1 saturated heterocycles. The van der Waals surface area contributed by atoms with Gasteiger partial charge >= 0.3 is 0 Å². The van der Waals surface area contributed by atoms with Crippen LogP contribution in [-0.2, 0) is 11.2 Å². The zero-order valence-corrected chi connectivity index (χ0v) is 15.8. The van der Waals surface area contributed by atoms with Crippen molar-refractivity contribution in [1.82, 2.24) is 14.8 Å². The summed E-state index contributed by atoms with van der Waals surface area (Å²) < 4.78 is 0. The summed E-state index contributed by atoms with van der Waals surface area (Å²) in [7, 11) is 0. The molecule has 1 aliphatic rings. The Kier molecular flexibility index (Phi) is 6.18. The molecule has 5 nitrogen and oxygen atoms in total. The SMILES string of the molecule is CCN1CCN(CC(=O)Nc2nc(C)c(Cc3ccccc3)s2)CC1. The lowest BCUT2D eigenvalue weighted by Gasteiger charge is -2.33. The summed E-state index contributed by atoms with van der Waals surface area (Å²) in [5.41, 5.74) is 2.27. The molecule has 2 aromatic rings. The molecule has 0 unspecified atom stereocenters. The first-order chi connectivity index (χ1) is 12.1. The Morgan fingerprint density at radius 3 is 2.52 bits per heavy atom. The summed E-state index contributed by atoms with van der Waals surface area (Å²) in [5.74, 6) is 0.0324. The minimum absolute atomic E-state index is 0.0324. The van der Waals surface area contributed by atoms with Gasteiger partial charge in [0.25, 0.3) is 0 Å². The van der Waals surface area contributed by atoms with Crippen molar-refractivity contribution in [3.05, 3.63) is 46.5 Å². The number of aryl methyl sites for hydroxylation is 1. The normalized spacial score (nSPS) is 16.1. The summed E-state index contributed by atoms with van der Waals surface area (Å²) in [6, 6.07) is 10.4. The fourth-order valence-corrected chi connectivity index (χ4v) is 4.07. The van der Waals surface area contributed by atoms with Crippen LogP contribution in [0.1, 0.15) is 23.1 Å². The maximum absolute atomic E-state index is 12.3. The number of nitrogens with zero attached hydrogens (tertiary/aromatic N) is 3. The van der Waals surface area contributed by atoms with Crippen LogP contribution in [0.5, 0.6) is 0 Å². The Bertz CT molecular complexity index is 693. The molecule has 0 atom stereocenters. The van der Waals surface area contributed by atoms with Crippen LogP contribution in [0.25, 0.3) is 0 Å². The molecule has 1 aliphatic heterocycles. The molecule has 1 aromatic carbocycles. The predicted molar refractivity (Wildman–Crippen MR) is 103 cm³/mol. The van der Waals surface area contributed by atoms with E-state index in [1.54, 1.807) is 11.3 Å². The third-order valence-corrected chi connectivity index (χ3v) is 5.70. The van der Waals surface area contributed by atoms with Crippen LogP contribution in [0.15, 0.2) is 30.3 Å². The van der Waals surface area contributed by atoms with Crippen molar-refractivity contribution >= 4 is 22.4 Å². The third-order valence-electron chi connectivity index (χ3n) is 4.63. The minimum atomic E-state index is 0.0324. The van der Waals surface area contributed by atoms with E-state index >= 15 is 0 Å². The minimum Gasteiger partial charge on any atom is -0.301 e. The van der Waals surface area contributed by atoms with Gasteiger partial charge in [-0.3, -0.25) is 9.69 Å². The number of thiazole rings is 1. The van der Waals surface area contributed by atoms with Crippen LogP contribution in [0, 0.1) is 6.92 Å². The molecule has 1 N–H and O–H groups in total. The van der Waals surface area contributed by atoms with Crippen LogP contribution in [0.3, 0.4) is 0 Å². The Morgan fingerprint density at radius 2 is 1.84 bits per heavy atom. The van der Waals surface area contributed by atoms with Gasteiger partial charge in [0.2, 0.25) is 5.91 Å². The standard InChI is InChI=1S/C19H26N4OS/c1-3-22-9-11-23(12-10-22)14-18(24)21-19-20-15(2)17(25-19)13-16-7-5-4-6-8-16/h4-8H,3,9-14H2,1-2H3,(H,20,21,24). The Morgan fingerprint density at radius 1 is 1.16 bits per heavy atom. The Balaban J connectivity index is 1.53. The largest absolute Gasteiger partial charge is 0.301 e. The molecule has 6 heteroatoms. The fraction of sp³-hybridized carbons (Fsp3) is 0.474. The van der Waals surface area contributed by atoms with Crippen molar-refractivity contribution in [3.8, 4) is 0 Å². The molecule has 1 amide bonds. The molecule has 0 radical (unpaired) electrons. The van der Waals surface area contributed by atoms with Crippen LogP contribution in [0.4, 0.5) is 5.13 Å². The first kappa shape index (κ1) is 18.0. The fourth-order valence-electron chi connectivity index (χ4n) is 3.05. The topological polar surface area (TPSA) is 48.5 Å². The van der Waals surface area contributed by atoms with Crippen LogP contribution >= 0.6 is 11.3 Å². The van der Waals surface area contributed by atoms with Crippen molar-refractivity contribution in [2.45, 2.75) is 20.3 Å². The second-order valence-corrected chi connectivity index (χ2v) is 7.53. The number of aromatic nitrogens is 1. The Labute approximate surface area is 153 Å². The van der Waals surface area contributed by atoms with Gasteiger partial charge in [-0.25, -0.2) is 4.98 Å². The van der Waals surface area contributed by atoms with Crippen molar-refractivity contribution in [3.63, 3.8) is 0 Å². The summed E-state index contributed by atoms with van der Waals surface area (Å²) >= 11 is 1.58. The highest BCUT2D eigenvalue weighted by atomic mass is 32.1. The van der Waals surface area contributed by atoms with E-state index in [1.807, 2.05) is 25.1 Å². The Hall–Kier alpha value is -1.76. The molecule has 0 saturated carbocycles. The zero-order chi connectivity index (χ0) is 17.6. The summed E-state index contributed by atoms with van der Waals surface area (Å²) in [4.78, 5) is 22.7. The van der Waals surface area contributed by atoms with E-state index in [0.717, 1.165) is 44.8 Å². The van der Waals surface area contributed by atoms with Gasteiger partial charge in [-0.2, -0.15) is 0 Å². The number of piperazine rings is 1. The zero-order valence-electron chi connectivity index (χ0n) is 15.0. The number of rotatable bonds is 6. The summed E-state index contributed by atoms with van der Waals surface area (Å²) in [5, 5.41) is 3.68. The van der Waals surface area contributed by atoms with E-state index in [2.05, 4.69) is 39.2 Å². The number of amides is 1. The molecule has 2 heterocycles. The van der Waals surface area contributed by atoms with Gasteiger partial charge < -0.3 is 10.2 Å². The number of hydrogen-bond acceptors (Lipinski definition) is 5. The number of anilines is 1. The molecule has 1 aromatic heterocycles. The van der Waals surface area contributed by atoms with Gasteiger partial charge in [0.15, 0.2) is 5.13 Å². The smallest absolute Gasteiger partial charge is 0.240 e. The van der Waals surface area contributed by atoms with E-state index in [9.17, 15) is 4.79 Å². The number of likely N-dealkylation sites (N-methyl/N-ethyl adjacent to an activating group) is 1. The van der Waals surface area contributed by atoms with Crippen molar-refractivity contribution in [2.24, 2.45) is 0 Å². The monoisotopic (exact) mass is 358 g/mol. The second-order valence-electron chi connectivity index (χ2n) is 6.45. The van der Waals surface area contributed by atoms with E-state index in [4.69, 9.17) is 0 Å². The number of hydrogen-bond donors (Lipinski definition) is 1. The number of carbonyl (C=O) groups excluding carboxylic acids is 1. The number of benzene rings is 1. The van der Waals surface area contributed by atoms with Crippen LogP contribution in [-0.4, -0.2) is 60.0 Å². The van der Waals surface area contributed by atoms with E-state index in [0.29, 0.717) is 11.7 Å². The molecular weight excluding hydrogens is 332 g/mol. The number of carbonyl (C=O) groups is 1. The molecule has 3 rings (SSSR count). The molecule has 134 valence electrons. The lowest BCUT2D eigenvalue weighted by molar-refractivity contribution is -0.117. The molecule has 1 fully saturated rings. The number of nitrogens with one attached hydrogen (secondary N) is 1. The van der Waals surface area contributed by atoms with Crippen molar-refractivity contribution in [2.75, 3.05) is 44.6 Å². The highest BCUT2D eigenvalue weighted by Crippen LogP contribution is 2.25. The summed E-state index contributed by atoms with van der Waals surface area (Å²) in [6.07, 6.45) is 0.860. The second kappa shape index (κ2) is 8.56. The summed E-state index contributed by atoms with van der Waals surface area (Å²) in [6.45, 7) is 9.72. The van der Waals surface area contributed by atoms with E-state index in [-0.39, 0.29) is 5.91 Å². The molecule has 25 heavy (non-hydrogen) atoms. The average Bonchev–Trinajstić information content (AvgIpc) is 2.95. The average molecular weight is 359 g/mol. The lowest BCUT2D eigenvalue weighted by atomic mass is 10.1. The van der Waals surface area contributed by atoms with Crippen molar-refractivity contribution < 1.29 is 4.79 Å². The third kappa shape index (κ3) is 5.11. The van der Waals surface area contributed by atoms with E-state index in [1.165, 1.54) is 10.4 Å². The molecule has 0 bridgehead atoms. The van der Waals surface area contributed by atoms with Crippen LogP contribution < -0.4 is 5.32 Å². The predicted octanol–water partition coefficient (Wildman–Crippen LogP) is 2.62. The molecule has 0 spiro atoms. The molecular formula is C19H26N4OS. The first-order valence-electron chi connectivity index (χ1n) is 8.89.